The van der Waals surface area contributed by atoms with Crippen LogP contribution in [-0.2, 0) is 0 Å². The van der Waals surface area contributed by atoms with E-state index in [1.165, 1.54) is 0 Å². The molecule has 0 fully saturated rings. The van der Waals surface area contributed by atoms with Crippen molar-refractivity contribution in [3.8, 4) is 0 Å². The van der Waals surface area contributed by atoms with Gasteiger partial charge in [-0.25, -0.2) is 9.97 Å². The Bertz CT molecular complexity index is 224. The summed E-state index contributed by atoms with van der Waals surface area (Å²) < 4.78 is 0. The summed E-state index contributed by atoms with van der Waals surface area (Å²) in [6, 6.07) is 2.07. The van der Waals surface area contributed by atoms with Crippen LogP contribution < -0.4 is 10.6 Å². The minimum absolute atomic E-state index is 0.271. The summed E-state index contributed by atoms with van der Waals surface area (Å²) in [6.45, 7) is 2.64. The lowest BCUT2D eigenvalue weighted by atomic mass is 10.3. The van der Waals surface area contributed by atoms with Crippen molar-refractivity contribution >= 4 is 5.95 Å². The van der Waals surface area contributed by atoms with Crippen LogP contribution in [0.15, 0.2) is 18.5 Å². The second kappa shape index (κ2) is 4.01. The maximum atomic E-state index is 5.51. The Morgan fingerprint density at radius 3 is 2.58 bits per heavy atom. The van der Waals surface area contributed by atoms with E-state index >= 15 is 0 Å². The van der Waals surface area contributed by atoms with E-state index in [9.17, 15) is 0 Å². The number of likely N-dealkylation sites (N-methyl/N-ethyl adjacent to an activating group) is 1. The van der Waals surface area contributed by atoms with Gasteiger partial charge in [-0.15, -0.1) is 0 Å². The molecule has 0 saturated carbocycles. The number of rotatable bonds is 3. The smallest absolute Gasteiger partial charge is 0.225 e. The molecule has 0 aromatic carbocycles. The molecule has 4 nitrogen and oxygen atoms in total. The first-order valence-corrected chi connectivity index (χ1v) is 3.95. The van der Waals surface area contributed by atoms with Gasteiger partial charge in [0, 0.05) is 32.0 Å². The van der Waals surface area contributed by atoms with Gasteiger partial charge in [0.15, 0.2) is 0 Å². The first kappa shape index (κ1) is 8.93. The summed E-state index contributed by atoms with van der Waals surface area (Å²) in [5.41, 5.74) is 5.51. The minimum atomic E-state index is 0.271. The van der Waals surface area contributed by atoms with Crippen LogP contribution >= 0.6 is 0 Å². The highest BCUT2D eigenvalue weighted by Gasteiger charge is 2.08. The molecule has 66 valence electrons. The Balaban J connectivity index is 2.71. The fourth-order valence-corrected chi connectivity index (χ4v) is 0.829. The first-order chi connectivity index (χ1) is 5.75. The monoisotopic (exact) mass is 166 g/mol. The molecule has 12 heavy (non-hydrogen) atoms. The van der Waals surface area contributed by atoms with Crippen LogP contribution in [0.2, 0.25) is 0 Å². The Morgan fingerprint density at radius 1 is 1.50 bits per heavy atom. The van der Waals surface area contributed by atoms with Gasteiger partial charge in [-0.2, -0.15) is 0 Å². The second-order valence-electron chi connectivity index (χ2n) is 2.74. The molecule has 4 heteroatoms. The number of nitrogens with two attached hydrogens (primary N) is 1. The molecule has 0 amide bonds. The van der Waals surface area contributed by atoms with Crippen LogP contribution in [0.5, 0.6) is 0 Å². The molecule has 0 bridgehead atoms. The topological polar surface area (TPSA) is 55.0 Å². The second-order valence-corrected chi connectivity index (χ2v) is 2.74. The van der Waals surface area contributed by atoms with E-state index in [1.807, 2.05) is 18.9 Å². The maximum Gasteiger partial charge on any atom is 0.225 e. The molecule has 1 heterocycles. The van der Waals surface area contributed by atoms with Crippen molar-refractivity contribution in [2.24, 2.45) is 5.73 Å². The van der Waals surface area contributed by atoms with E-state index in [1.54, 1.807) is 18.5 Å². The van der Waals surface area contributed by atoms with Crippen molar-refractivity contribution in [2.45, 2.75) is 13.0 Å². The van der Waals surface area contributed by atoms with E-state index in [2.05, 4.69) is 9.97 Å². The highest BCUT2D eigenvalue weighted by molar-refractivity contribution is 5.28. The third-order valence-electron chi connectivity index (χ3n) is 1.87. The summed E-state index contributed by atoms with van der Waals surface area (Å²) in [7, 11) is 1.94. The quantitative estimate of drug-likeness (QED) is 0.699. The first-order valence-electron chi connectivity index (χ1n) is 3.95. The molecule has 0 radical (unpaired) electrons. The fourth-order valence-electron chi connectivity index (χ4n) is 0.829. The van der Waals surface area contributed by atoms with E-state index in [0.717, 1.165) is 5.95 Å². The van der Waals surface area contributed by atoms with Crippen molar-refractivity contribution in [2.75, 3.05) is 18.5 Å². The van der Waals surface area contributed by atoms with Crippen LogP contribution in [0.25, 0.3) is 0 Å². The van der Waals surface area contributed by atoms with Gasteiger partial charge in [0.05, 0.1) is 0 Å². The predicted molar refractivity (Wildman–Crippen MR) is 49.0 cm³/mol. The lowest BCUT2D eigenvalue weighted by Crippen LogP contribution is -2.36. The lowest BCUT2D eigenvalue weighted by molar-refractivity contribution is 0.677. The van der Waals surface area contributed by atoms with E-state index in [4.69, 9.17) is 5.73 Å². The Kier molecular flexibility index (Phi) is 2.99. The van der Waals surface area contributed by atoms with Crippen molar-refractivity contribution in [3.63, 3.8) is 0 Å². The van der Waals surface area contributed by atoms with Gasteiger partial charge in [-0.1, -0.05) is 0 Å². The standard InChI is InChI=1S/C8H14N4/c1-7(6-9)12(2)8-10-4-3-5-11-8/h3-5,7H,6,9H2,1-2H3. The van der Waals surface area contributed by atoms with Gasteiger partial charge in [0.2, 0.25) is 5.95 Å². The molecule has 0 aliphatic carbocycles. The highest BCUT2D eigenvalue weighted by atomic mass is 15.2. The van der Waals surface area contributed by atoms with E-state index in [0.29, 0.717) is 6.54 Å². The van der Waals surface area contributed by atoms with Gasteiger partial charge in [-0.05, 0) is 13.0 Å². The Hall–Kier alpha value is -1.16. The summed E-state index contributed by atoms with van der Waals surface area (Å²) in [5.74, 6) is 0.718. The number of hydrogen-bond acceptors (Lipinski definition) is 4. The number of aromatic nitrogens is 2. The lowest BCUT2D eigenvalue weighted by Gasteiger charge is -2.22. The third-order valence-corrected chi connectivity index (χ3v) is 1.87. The summed E-state index contributed by atoms with van der Waals surface area (Å²) >= 11 is 0. The zero-order valence-electron chi connectivity index (χ0n) is 7.44. The third kappa shape index (κ3) is 1.92. The zero-order chi connectivity index (χ0) is 8.97. The molecule has 1 unspecified atom stereocenters. The molecule has 1 aromatic heterocycles. The SMILES string of the molecule is CC(CN)N(C)c1ncccn1. The largest absolute Gasteiger partial charge is 0.340 e. The molecule has 1 rings (SSSR count). The Labute approximate surface area is 72.4 Å². The summed E-state index contributed by atoms with van der Waals surface area (Å²) in [5, 5.41) is 0. The van der Waals surface area contributed by atoms with E-state index < -0.39 is 0 Å². The van der Waals surface area contributed by atoms with Crippen LogP contribution in [0.3, 0.4) is 0 Å². The molecule has 2 N–H and O–H groups in total. The molecule has 0 saturated heterocycles. The van der Waals surface area contributed by atoms with Gasteiger partial charge in [0.25, 0.3) is 0 Å². The van der Waals surface area contributed by atoms with Crippen molar-refractivity contribution < 1.29 is 0 Å². The fraction of sp³-hybridized carbons (Fsp3) is 0.500. The van der Waals surface area contributed by atoms with Gasteiger partial charge < -0.3 is 10.6 Å². The molecule has 0 aliphatic heterocycles. The molecular weight excluding hydrogens is 152 g/mol. The van der Waals surface area contributed by atoms with Crippen LogP contribution in [0.4, 0.5) is 5.95 Å². The predicted octanol–water partition coefficient (Wildman–Crippen LogP) is 0.260. The van der Waals surface area contributed by atoms with Crippen LogP contribution in [0.1, 0.15) is 6.92 Å². The van der Waals surface area contributed by atoms with Crippen molar-refractivity contribution in [3.05, 3.63) is 18.5 Å². The molecule has 1 aromatic rings. The maximum absolute atomic E-state index is 5.51. The van der Waals surface area contributed by atoms with Gasteiger partial charge in [-0.3, -0.25) is 0 Å². The molecule has 1 atom stereocenters. The minimum Gasteiger partial charge on any atom is -0.340 e. The average molecular weight is 166 g/mol. The van der Waals surface area contributed by atoms with Crippen LogP contribution in [0, 0.1) is 0 Å². The number of anilines is 1. The number of nitrogens with zero attached hydrogens (tertiary/aromatic N) is 3. The van der Waals surface area contributed by atoms with Crippen molar-refractivity contribution in [1.29, 1.82) is 0 Å². The summed E-state index contributed by atoms with van der Waals surface area (Å²) in [6.07, 6.45) is 3.45. The Morgan fingerprint density at radius 2 is 2.08 bits per heavy atom. The van der Waals surface area contributed by atoms with Crippen LogP contribution in [-0.4, -0.2) is 29.6 Å². The van der Waals surface area contributed by atoms with Gasteiger partial charge >= 0.3 is 0 Å². The normalized spacial score (nSPS) is 12.6. The molecule has 0 aliphatic rings. The molecule has 0 spiro atoms. The van der Waals surface area contributed by atoms with Gasteiger partial charge in [0.1, 0.15) is 0 Å². The summed E-state index contributed by atoms with van der Waals surface area (Å²) in [4.78, 5) is 10.2. The van der Waals surface area contributed by atoms with Crippen molar-refractivity contribution in [1.82, 2.24) is 9.97 Å². The average Bonchev–Trinajstić information content (AvgIpc) is 2.17. The van der Waals surface area contributed by atoms with E-state index in [-0.39, 0.29) is 6.04 Å². The zero-order valence-corrected chi connectivity index (χ0v) is 7.44. The number of hydrogen-bond donors (Lipinski definition) is 1. The highest BCUT2D eigenvalue weighted by Crippen LogP contribution is 2.04. The molecular formula is C8H14N4.